The third-order valence-corrected chi connectivity index (χ3v) is 3.14. The Morgan fingerprint density at radius 3 is 2.95 bits per heavy atom. The van der Waals surface area contributed by atoms with Crippen LogP contribution in [0.3, 0.4) is 0 Å². The number of hydrogen-bond acceptors (Lipinski definition) is 5. The Morgan fingerprint density at radius 1 is 1.58 bits per heavy atom. The topological polar surface area (TPSA) is 88.5 Å². The van der Waals surface area contributed by atoms with Crippen LogP contribution in [0.4, 0.5) is 0 Å². The van der Waals surface area contributed by atoms with Crippen LogP contribution in [0.25, 0.3) is 0 Å². The van der Waals surface area contributed by atoms with Crippen LogP contribution in [0, 0.1) is 0 Å². The zero-order chi connectivity index (χ0) is 14.3. The number of aromatic nitrogens is 1. The molecule has 1 amide bonds. The Hall–Kier alpha value is -1.60. The number of carboxylic acid groups (broad SMARTS) is 1. The van der Waals surface area contributed by atoms with E-state index in [1.807, 2.05) is 6.92 Å². The number of methoxy groups -OCH3 is 1. The maximum absolute atomic E-state index is 11.6. The van der Waals surface area contributed by atoms with Crippen molar-refractivity contribution >= 4 is 23.6 Å². The lowest BCUT2D eigenvalue weighted by Gasteiger charge is -2.12. The van der Waals surface area contributed by atoms with Gasteiger partial charge in [0.05, 0.1) is 12.4 Å². The summed E-state index contributed by atoms with van der Waals surface area (Å²) >= 11 is 1.26. The van der Waals surface area contributed by atoms with Crippen LogP contribution in [0.15, 0.2) is 23.2 Å². The van der Waals surface area contributed by atoms with Crippen LogP contribution in [-0.2, 0) is 9.53 Å². The highest BCUT2D eigenvalue weighted by molar-refractivity contribution is 8.00. The number of nitrogens with one attached hydrogen (secondary N) is 1. The molecule has 104 valence electrons. The van der Waals surface area contributed by atoms with Crippen molar-refractivity contribution in [1.82, 2.24) is 10.3 Å². The number of rotatable bonds is 7. The predicted octanol–water partition coefficient (Wildman–Crippen LogP) is 1.02. The Balaban J connectivity index is 2.46. The van der Waals surface area contributed by atoms with Gasteiger partial charge in [-0.3, -0.25) is 4.79 Å². The number of aromatic carboxylic acids is 1. The number of thioether (sulfide) groups is 1. The van der Waals surface area contributed by atoms with E-state index in [1.54, 1.807) is 13.2 Å². The van der Waals surface area contributed by atoms with Gasteiger partial charge in [0.2, 0.25) is 5.91 Å². The zero-order valence-corrected chi connectivity index (χ0v) is 11.6. The van der Waals surface area contributed by atoms with Crippen LogP contribution >= 0.6 is 11.8 Å². The average Bonchev–Trinajstić information content (AvgIpc) is 2.37. The fourth-order valence-corrected chi connectivity index (χ4v) is 2.11. The molecule has 0 aromatic carbocycles. The summed E-state index contributed by atoms with van der Waals surface area (Å²) in [5, 5.41) is 11.6. The van der Waals surface area contributed by atoms with E-state index in [0.717, 1.165) is 0 Å². The first-order valence-corrected chi connectivity index (χ1v) is 6.62. The van der Waals surface area contributed by atoms with Crippen molar-refractivity contribution in [1.29, 1.82) is 0 Å². The number of amides is 1. The minimum absolute atomic E-state index is 0.0295. The minimum Gasteiger partial charge on any atom is -0.477 e. The van der Waals surface area contributed by atoms with Gasteiger partial charge in [0.1, 0.15) is 5.69 Å². The van der Waals surface area contributed by atoms with Gasteiger partial charge in [0, 0.05) is 24.2 Å². The van der Waals surface area contributed by atoms with Gasteiger partial charge in [-0.1, -0.05) is 0 Å². The molecule has 1 atom stereocenters. The molecule has 0 aliphatic rings. The molecule has 7 heteroatoms. The lowest BCUT2D eigenvalue weighted by molar-refractivity contribution is -0.119. The Labute approximate surface area is 115 Å². The molecule has 1 aromatic heterocycles. The van der Waals surface area contributed by atoms with E-state index >= 15 is 0 Å². The molecule has 19 heavy (non-hydrogen) atoms. The van der Waals surface area contributed by atoms with E-state index in [9.17, 15) is 9.59 Å². The van der Waals surface area contributed by atoms with Crippen molar-refractivity contribution in [2.24, 2.45) is 0 Å². The summed E-state index contributed by atoms with van der Waals surface area (Å²) in [7, 11) is 1.57. The summed E-state index contributed by atoms with van der Waals surface area (Å²) in [6.07, 6.45) is 1.41. The molecule has 0 fully saturated rings. The van der Waals surface area contributed by atoms with E-state index in [2.05, 4.69) is 10.3 Å². The number of hydrogen-bond donors (Lipinski definition) is 2. The molecular weight excluding hydrogens is 268 g/mol. The second-order valence-corrected chi connectivity index (χ2v) is 4.94. The van der Waals surface area contributed by atoms with Crippen molar-refractivity contribution in [3.63, 3.8) is 0 Å². The van der Waals surface area contributed by atoms with Crippen LogP contribution in [0.5, 0.6) is 0 Å². The highest BCUT2D eigenvalue weighted by Crippen LogP contribution is 2.17. The highest BCUT2D eigenvalue weighted by Gasteiger charge is 2.09. The lowest BCUT2D eigenvalue weighted by Crippen LogP contribution is -2.36. The molecule has 0 bridgehead atoms. The van der Waals surface area contributed by atoms with Crippen LogP contribution < -0.4 is 5.32 Å². The standard InChI is InChI=1S/C12H16N2O4S/c1-8(6-18-2)14-11(15)7-19-9-3-4-13-10(5-9)12(16)17/h3-5,8H,6-7H2,1-2H3,(H,14,15)(H,16,17). The maximum atomic E-state index is 11.6. The first kappa shape index (κ1) is 15.5. The summed E-state index contributed by atoms with van der Waals surface area (Å²) in [6.45, 7) is 2.30. The number of carbonyl (C=O) groups is 2. The molecule has 0 aliphatic carbocycles. The van der Waals surface area contributed by atoms with Crippen molar-refractivity contribution < 1.29 is 19.4 Å². The largest absolute Gasteiger partial charge is 0.477 e. The second-order valence-electron chi connectivity index (χ2n) is 3.89. The van der Waals surface area contributed by atoms with Gasteiger partial charge in [-0.05, 0) is 19.1 Å². The van der Waals surface area contributed by atoms with Crippen molar-refractivity contribution in [2.45, 2.75) is 17.9 Å². The molecule has 2 N–H and O–H groups in total. The molecule has 0 radical (unpaired) electrons. The Kier molecular flexibility index (Phi) is 6.31. The van der Waals surface area contributed by atoms with Gasteiger partial charge >= 0.3 is 5.97 Å². The normalized spacial score (nSPS) is 11.9. The lowest BCUT2D eigenvalue weighted by atomic mass is 10.3. The van der Waals surface area contributed by atoms with Gasteiger partial charge in [0.25, 0.3) is 0 Å². The van der Waals surface area contributed by atoms with Crippen molar-refractivity contribution in [3.05, 3.63) is 24.0 Å². The third-order valence-electron chi connectivity index (χ3n) is 2.14. The Morgan fingerprint density at radius 2 is 2.32 bits per heavy atom. The monoisotopic (exact) mass is 284 g/mol. The SMILES string of the molecule is COCC(C)NC(=O)CSc1ccnc(C(=O)O)c1. The van der Waals surface area contributed by atoms with Crippen molar-refractivity contribution in [3.8, 4) is 0 Å². The number of carbonyl (C=O) groups excluding carboxylic acids is 1. The quantitative estimate of drug-likeness (QED) is 0.727. The first-order valence-electron chi connectivity index (χ1n) is 5.63. The van der Waals surface area contributed by atoms with Gasteiger partial charge in [-0.15, -0.1) is 11.8 Å². The molecule has 6 nitrogen and oxygen atoms in total. The number of carboxylic acids is 1. The zero-order valence-electron chi connectivity index (χ0n) is 10.8. The summed E-state index contributed by atoms with van der Waals surface area (Å²) in [5.41, 5.74) is -0.0295. The molecule has 1 rings (SSSR count). The molecule has 0 aliphatic heterocycles. The van der Waals surface area contributed by atoms with E-state index < -0.39 is 5.97 Å². The summed E-state index contributed by atoms with van der Waals surface area (Å²) < 4.78 is 4.91. The van der Waals surface area contributed by atoms with Gasteiger partial charge in [-0.2, -0.15) is 0 Å². The number of nitrogens with zero attached hydrogens (tertiary/aromatic N) is 1. The van der Waals surface area contributed by atoms with Crippen LogP contribution in [-0.4, -0.2) is 47.5 Å². The van der Waals surface area contributed by atoms with E-state index in [4.69, 9.17) is 9.84 Å². The fraction of sp³-hybridized carbons (Fsp3) is 0.417. The van der Waals surface area contributed by atoms with Crippen LogP contribution in [0.2, 0.25) is 0 Å². The molecule has 0 saturated heterocycles. The number of ether oxygens (including phenoxy) is 1. The van der Waals surface area contributed by atoms with Gasteiger partial charge in [0.15, 0.2) is 0 Å². The van der Waals surface area contributed by atoms with E-state index in [-0.39, 0.29) is 23.4 Å². The molecule has 1 heterocycles. The number of pyridine rings is 1. The molecule has 1 unspecified atom stereocenters. The van der Waals surface area contributed by atoms with E-state index in [1.165, 1.54) is 24.0 Å². The van der Waals surface area contributed by atoms with E-state index in [0.29, 0.717) is 11.5 Å². The summed E-state index contributed by atoms with van der Waals surface area (Å²) in [5.74, 6) is -0.985. The maximum Gasteiger partial charge on any atom is 0.354 e. The third kappa shape index (κ3) is 5.71. The van der Waals surface area contributed by atoms with Crippen LogP contribution in [0.1, 0.15) is 17.4 Å². The molecule has 1 aromatic rings. The Bertz CT molecular complexity index is 453. The molecule has 0 saturated carbocycles. The van der Waals surface area contributed by atoms with Gasteiger partial charge < -0.3 is 15.2 Å². The van der Waals surface area contributed by atoms with Gasteiger partial charge in [-0.25, -0.2) is 9.78 Å². The first-order chi connectivity index (χ1) is 9.02. The highest BCUT2D eigenvalue weighted by atomic mass is 32.2. The second kappa shape index (κ2) is 7.75. The van der Waals surface area contributed by atoms with Crippen molar-refractivity contribution in [2.75, 3.05) is 19.5 Å². The molecule has 0 spiro atoms. The summed E-state index contributed by atoms with van der Waals surface area (Å²) in [6, 6.07) is 3.06. The predicted molar refractivity (Wildman–Crippen MR) is 71.4 cm³/mol. The fourth-order valence-electron chi connectivity index (χ4n) is 1.37. The minimum atomic E-state index is -1.08. The molecular formula is C12H16N2O4S. The smallest absolute Gasteiger partial charge is 0.354 e. The summed E-state index contributed by atoms with van der Waals surface area (Å²) in [4.78, 5) is 26.7. The average molecular weight is 284 g/mol.